The fraction of sp³-hybridized carbons (Fsp3) is 0.636. The Morgan fingerprint density at radius 1 is 1.25 bits per heavy atom. The smallest absolute Gasteiger partial charge is 0.205 e. The molecule has 152 valence electrons. The minimum atomic E-state index is -1.09. The molecule has 1 aliphatic carbocycles. The molecule has 6 heteroatoms. The van der Waals surface area contributed by atoms with Crippen molar-refractivity contribution < 1.29 is 5.11 Å². The highest BCUT2D eigenvalue weighted by molar-refractivity contribution is 9.11. The van der Waals surface area contributed by atoms with E-state index in [-0.39, 0.29) is 17.1 Å². The van der Waals surface area contributed by atoms with Crippen LogP contribution in [0.5, 0.6) is 0 Å². The van der Waals surface area contributed by atoms with Crippen LogP contribution >= 0.6 is 15.9 Å². The summed E-state index contributed by atoms with van der Waals surface area (Å²) in [5.74, 6) is 1.21. The predicted octanol–water partition coefficient (Wildman–Crippen LogP) is 4.21. The summed E-state index contributed by atoms with van der Waals surface area (Å²) in [6.45, 7) is 15.8. The monoisotopic (exact) mass is 446 g/mol. The van der Waals surface area contributed by atoms with Crippen molar-refractivity contribution >= 4 is 28.1 Å². The summed E-state index contributed by atoms with van der Waals surface area (Å²) in [5, 5.41) is 11.3. The molecule has 4 aliphatic rings. The van der Waals surface area contributed by atoms with Crippen LogP contribution in [0.25, 0.3) is 0 Å². The number of halogens is 1. The molecule has 0 aromatic rings. The molecule has 28 heavy (non-hydrogen) atoms. The number of rotatable bonds is 1. The Morgan fingerprint density at radius 2 is 1.93 bits per heavy atom. The first-order valence-corrected chi connectivity index (χ1v) is 10.9. The average Bonchev–Trinajstić information content (AvgIpc) is 3.04. The van der Waals surface area contributed by atoms with Crippen molar-refractivity contribution in [3.8, 4) is 0 Å². The third-order valence-electron chi connectivity index (χ3n) is 6.08. The van der Waals surface area contributed by atoms with Crippen molar-refractivity contribution in [2.24, 2.45) is 15.9 Å². The van der Waals surface area contributed by atoms with Crippen molar-refractivity contribution in [1.82, 2.24) is 9.80 Å². The maximum absolute atomic E-state index is 11.3. The number of allylic oxidation sites excluding steroid dienone is 2. The van der Waals surface area contributed by atoms with E-state index in [1.54, 1.807) is 0 Å². The summed E-state index contributed by atoms with van der Waals surface area (Å²) in [6, 6.07) is 0.180. The van der Waals surface area contributed by atoms with E-state index in [1.807, 2.05) is 24.1 Å². The van der Waals surface area contributed by atoms with Crippen LogP contribution in [0.3, 0.4) is 0 Å². The van der Waals surface area contributed by atoms with E-state index in [0.717, 1.165) is 30.2 Å². The summed E-state index contributed by atoms with van der Waals surface area (Å²) in [4.78, 5) is 14.2. The molecule has 1 N–H and O–H groups in total. The lowest BCUT2D eigenvalue weighted by atomic mass is 9.86. The van der Waals surface area contributed by atoms with E-state index in [1.165, 1.54) is 10.1 Å². The fourth-order valence-electron chi connectivity index (χ4n) is 5.20. The van der Waals surface area contributed by atoms with Crippen molar-refractivity contribution in [1.29, 1.82) is 0 Å². The van der Waals surface area contributed by atoms with Gasteiger partial charge in [-0.2, -0.15) is 0 Å². The number of hydrogen-bond acceptors (Lipinski definition) is 5. The summed E-state index contributed by atoms with van der Waals surface area (Å²) in [5.41, 5.74) is 1.87. The Balaban J connectivity index is 1.83. The van der Waals surface area contributed by atoms with Crippen LogP contribution < -0.4 is 0 Å². The lowest BCUT2D eigenvalue weighted by Crippen LogP contribution is -2.55. The standard InChI is InChI=1S/C22H31BrN4O/c1-13-8-14(23)9-15-16(11-24-18(13)15)17-10-22(7,28)26-12-21(5,6)27(19(26)25-17)20(2,3)4/h8,10-11,13,18,28H,9,12H2,1-7H3. The van der Waals surface area contributed by atoms with E-state index in [9.17, 15) is 5.11 Å². The Hall–Kier alpha value is -1.40. The van der Waals surface area contributed by atoms with Gasteiger partial charge in [-0.1, -0.05) is 28.9 Å². The summed E-state index contributed by atoms with van der Waals surface area (Å²) < 4.78 is 1.20. The summed E-state index contributed by atoms with van der Waals surface area (Å²) in [7, 11) is 0. The highest BCUT2D eigenvalue weighted by atomic mass is 79.9. The molecular weight excluding hydrogens is 416 g/mol. The topological polar surface area (TPSA) is 51.4 Å². The molecule has 1 fully saturated rings. The molecule has 1 saturated heterocycles. The van der Waals surface area contributed by atoms with Crippen LogP contribution in [0, 0.1) is 5.92 Å². The molecule has 3 aliphatic heterocycles. The first-order chi connectivity index (χ1) is 12.8. The van der Waals surface area contributed by atoms with Gasteiger partial charge in [-0.25, -0.2) is 4.99 Å². The molecule has 0 aromatic heterocycles. The van der Waals surface area contributed by atoms with Gasteiger partial charge >= 0.3 is 0 Å². The van der Waals surface area contributed by atoms with Crippen molar-refractivity contribution in [2.45, 2.75) is 77.7 Å². The van der Waals surface area contributed by atoms with E-state index in [0.29, 0.717) is 5.92 Å². The third-order valence-corrected chi connectivity index (χ3v) is 6.63. The van der Waals surface area contributed by atoms with Gasteiger partial charge in [0, 0.05) is 36.2 Å². The van der Waals surface area contributed by atoms with Crippen molar-refractivity contribution in [2.75, 3.05) is 6.54 Å². The van der Waals surface area contributed by atoms with Crippen LogP contribution in [0.1, 0.15) is 54.9 Å². The van der Waals surface area contributed by atoms with Gasteiger partial charge < -0.3 is 14.9 Å². The molecule has 0 spiro atoms. The van der Waals surface area contributed by atoms with Gasteiger partial charge in [0.05, 0.1) is 17.3 Å². The highest BCUT2D eigenvalue weighted by Gasteiger charge is 2.52. The predicted molar refractivity (Wildman–Crippen MR) is 119 cm³/mol. The molecule has 3 unspecified atom stereocenters. The first kappa shape index (κ1) is 19.9. The normalized spacial score (nSPS) is 34.2. The Kier molecular flexibility index (Phi) is 4.30. The van der Waals surface area contributed by atoms with Gasteiger partial charge in [0.15, 0.2) is 5.72 Å². The van der Waals surface area contributed by atoms with Crippen LogP contribution in [0.15, 0.2) is 43.5 Å². The second-order valence-electron chi connectivity index (χ2n) is 10.3. The molecule has 3 heterocycles. The number of fused-ring (bicyclic) bond motifs is 2. The lowest BCUT2D eigenvalue weighted by Gasteiger charge is -2.44. The van der Waals surface area contributed by atoms with Crippen molar-refractivity contribution in [3.05, 3.63) is 33.5 Å². The first-order valence-electron chi connectivity index (χ1n) is 10.1. The lowest BCUT2D eigenvalue weighted by molar-refractivity contribution is -0.00881. The number of hydrogen-bond donors (Lipinski definition) is 1. The van der Waals surface area contributed by atoms with E-state index < -0.39 is 5.72 Å². The molecule has 0 radical (unpaired) electrons. The number of aliphatic hydroxyl groups is 1. The average molecular weight is 447 g/mol. The van der Waals surface area contributed by atoms with Crippen LogP contribution in [0.2, 0.25) is 0 Å². The molecule has 0 bridgehead atoms. The number of nitrogens with zero attached hydrogens (tertiary/aromatic N) is 4. The van der Waals surface area contributed by atoms with Gasteiger partial charge in [-0.05, 0) is 57.7 Å². The van der Waals surface area contributed by atoms with E-state index in [2.05, 4.69) is 68.4 Å². The maximum atomic E-state index is 11.3. The molecular formula is C22H31BrN4O. The Morgan fingerprint density at radius 3 is 2.57 bits per heavy atom. The largest absolute Gasteiger partial charge is 0.367 e. The highest BCUT2D eigenvalue weighted by Crippen LogP contribution is 2.43. The minimum Gasteiger partial charge on any atom is -0.367 e. The van der Waals surface area contributed by atoms with Gasteiger partial charge in [0.1, 0.15) is 0 Å². The Labute approximate surface area is 176 Å². The maximum Gasteiger partial charge on any atom is 0.205 e. The van der Waals surface area contributed by atoms with E-state index >= 15 is 0 Å². The molecule has 0 amide bonds. The van der Waals surface area contributed by atoms with Gasteiger partial charge in [0.25, 0.3) is 0 Å². The number of aliphatic imine (C=N–C) groups is 2. The minimum absolute atomic E-state index is 0.106. The fourth-order valence-corrected chi connectivity index (χ4v) is 5.92. The quantitative estimate of drug-likeness (QED) is 0.655. The van der Waals surface area contributed by atoms with Crippen LogP contribution in [-0.4, -0.2) is 56.5 Å². The number of guanidine groups is 1. The second-order valence-corrected chi connectivity index (χ2v) is 11.3. The molecule has 3 atom stereocenters. The second kappa shape index (κ2) is 6.05. The van der Waals surface area contributed by atoms with Crippen LogP contribution in [0.4, 0.5) is 0 Å². The zero-order valence-electron chi connectivity index (χ0n) is 17.9. The summed E-state index contributed by atoms with van der Waals surface area (Å²) >= 11 is 3.69. The van der Waals surface area contributed by atoms with Gasteiger partial charge in [-0.15, -0.1) is 0 Å². The SMILES string of the molecule is CC1C=C(Br)CC2=C(C3=CC(C)(O)N4CC(C)(C)N(C(C)(C)C)C4=N3)C=NC21. The van der Waals surface area contributed by atoms with E-state index in [4.69, 9.17) is 9.98 Å². The van der Waals surface area contributed by atoms with Crippen LogP contribution in [-0.2, 0) is 0 Å². The zero-order valence-corrected chi connectivity index (χ0v) is 19.5. The van der Waals surface area contributed by atoms with Crippen molar-refractivity contribution in [3.63, 3.8) is 0 Å². The molecule has 0 aromatic carbocycles. The summed E-state index contributed by atoms with van der Waals surface area (Å²) in [6.07, 6.45) is 6.95. The molecule has 5 nitrogen and oxygen atoms in total. The Bertz CT molecular complexity index is 869. The third kappa shape index (κ3) is 3.00. The molecule has 4 rings (SSSR count). The zero-order chi connectivity index (χ0) is 20.6. The van der Waals surface area contributed by atoms with Gasteiger partial charge in [-0.3, -0.25) is 4.99 Å². The molecule has 0 saturated carbocycles. The van der Waals surface area contributed by atoms with Gasteiger partial charge in [0.2, 0.25) is 5.96 Å².